The number of amides is 2. The third-order valence-corrected chi connectivity index (χ3v) is 7.83. The maximum Gasteiger partial charge on any atom is 0.244 e. The average molecular weight is 566 g/mol. The molecular formula is C31H39N3O5S. The lowest BCUT2D eigenvalue weighted by molar-refractivity contribution is -0.139. The summed E-state index contributed by atoms with van der Waals surface area (Å²) < 4.78 is 32.5. The van der Waals surface area contributed by atoms with E-state index < -0.39 is 28.5 Å². The van der Waals surface area contributed by atoms with E-state index in [9.17, 15) is 18.0 Å². The van der Waals surface area contributed by atoms with Crippen molar-refractivity contribution in [3.8, 4) is 5.75 Å². The number of nitrogens with zero attached hydrogens (tertiary/aromatic N) is 2. The first kappa shape index (κ1) is 30.7. The summed E-state index contributed by atoms with van der Waals surface area (Å²) in [6.07, 6.45) is 1.81. The topological polar surface area (TPSA) is 96.0 Å². The third-order valence-electron chi connectivity index (χ3n) is 6.69. The summed E-state index contributed by atoms with van der Waals surface area (Å²) in [6, 6.07) is 23.1. The van der Waals surface area contributed by atoms with Gasteiger partial charge in [-0.15, -0.1) is 0 Å². The molecule has 0 radical (unpaired) electrons. The lowest BCUT2D eigenvalue weighted by Gasteiger charge is -2.32. The van der Waals surface area contributed by atoms with Crippen molar-refractivity contribution in [3.63, 3.8) is 0 Å². The molecule has 0 saturated heterocycles. The van der Waals surface area contributed by atoms with Crippen molar-refractivity contribution in [1.29, 1.82) is 0 Å². The molecular weight excluding hydrogens is 526 g/mol. The van der Waals surface area contributed by atoms with Crippen molar-refractivity contribution >= 4 is 27.5 Å². The van der Waals surface area contributed by atoms with Crippen molar-refractivity contribution in [1.82, 2.24) is 10.2 Å². The second-order valence-electron chi connectivity index (χ2n) is 10.0. The van der Waals surface area contributed by atoms with Crippen LogP contribution in [0.1, 0.15) is 43.9 Å². The minimum atomic E-state index is -3.82. The van der Waals surface area contributed by atoms with Gasteiger partial charge in [0.15, 0.2) is 0 Å². The number of rotatable bonds is 13. The van der Waals surface area contributed by atoms with Crippen LogP contribution in [0, 0.1) is 6.92 Å². The van der Waals surface area contributed by atoms with Crippen molar-refractivity contribution in [3.05, 3.63) is 95.6 Å². The number of hydrogen-bond acceptors (Lipinski definition) is 5. The zero-order valence-electron chi connectivity index (χ0n) is 23.8. The number of carbonyl (C=O) groups is 2. The van der Waals surface area contributed by atoms with E-state index in [1.807, 2.05) is 75.4 Å². The molecule has 3 aromatic rings. The van der Waals surface area contributed by atoms with E-state index >= 15 is 0 Å². The number of sulfonamides is 1. The molecule has 40 heavy (non-hydrogen) atoms. The number of benzene rings is 3. The molecule has 0 fully saturated rings. The molecule has 0 heterocycles. The van der Waals surface area contributed by atoms with Crippen LogP contribution in [0.25, 0.3) is 0 Å². The number of anilines is 1. The fourth-order valence-corrected chi connectivity index (χ4v) is 4.85. The van der Waals surface area contributed by atoms with Crippen molar-refractivity contribution in [2.24, 2.45) is 0 Å². The lowest BCUT2D eigenvalue weighted by atomic mass is 10.1. The Morgan fingerprint density at radius 1 is 0.900 bits per heavy atom. The molecule has 2 unspecified atom stereocenters. The van der Waals surface area contributed by atoms with Gasteiger partial charge in [0, 0.05) is 12.6 Å². The predicted molar refractivity (Wildman–Crippen MR) is 158 cm³/mol. The van der Waals surface area contributed by atoms with Gasteiger partial charge < -0.3 is 15.0 Å². The summed E-state index contributed by atoms with van der Waals surface area (Å²) in [7, 11) is -3.82. The normalized spacial score (nSPS) is 12.7. The minimum absolute atomic E-state index is 0.0542. The van der Waals surface area contributed by atoms with Gasteiger partial charge in [-0.25, -0.2) is 8.42 Å². The van der Waals surface area contributed by atoms with E-state index in [4.69, 9.17) is 4.74 Å². The Morgan fingerprint density at radius 2 is 1.52 bits per heavy atom. The molecule has 3 aromatic carbocycles. The van der Waals surface area contributed by atoms with E-state index in [-0.39, 0.29) is 18.5 Å². The van der Waals surface area contributed by atoms with E-state index in [0.717, 1.165) is 33.7 Å². The molecule has 8 nitrogen and oxygen atoms in total. The molecule has 0 aromatic heterocycles. The fraction of sp³-hybridized carbons (Fsp3) is 0.355. The molecule has 1 N–H and O–H groups in total. The van der Waals surface area contributed by atoms with Crippen LogP contribution in [0.15, 0.2) is 78.9 Å². The van der Waals surface area contributed by atoms with E-state index in [1.165, 1.54) is 4.90 Å². The zero-order chi connectivity index (χ0) is 29.3. The molecule has 0 bridgehead atoms. The van der Waals surface area contributed by atoms with Crippen LogP contribution in [-0.4, -0.2) is 50.0 Å². The second-order valence-corrected chi connectivity index (χ2v) is 11.9. The smallest absolute Gasteiger partial charge is 0.244 e. The van der Waals surface area contributed by atoms with Gasteiger partial charge >= 0.3 is 0 Å². The van der Waals surface area contributed by atoms with Crippen LogP contribution >= 0.6 is 0 Å². The maximum atomic E-state index is 13.7. The minimum Gasteiger partial charge on any atom is -0.489 e. The predicted octanol–water partition coefficient (Wildman–Crippen LogP) is 4.67. The molecule has 9 heteroatoms. The molecule has 0 saturated carbocycles. The second kappa shape index (κ2) is 14.0. The molecule has 0 aliphatic heterocycles. The SMILES string of the molecule is CCC(C)NC(=O)C(C)N(Cc1ccc(C)cc1)C(=O)CN(c1ccc(OCc2ccccc2)cc1)S(C)(=O)=O. The molecule has 214 valence electrons. The van der Waals surface area contributed by atoms with Crippen LogP contribution in [-0.2, 0) is 32.8 Å². The third kappa shape index (κ3) is 8.84. The van der Waals surface area contributed by atoms with E-state index in [1.54, 1.807) is 31.2 Å². The molecule has 0 aliphatic rings. The van der Waals surface area contributed by atoms with Crippen LogP contribution in [0.4, 0.5) is 5.69 Å². The van der Waals surface area contributed by atoms with Crippen molar-refractivity contribution in [2.75, 3.05) is 17.1 Å². The monoisotopic (exact) mass is 565 g/mol. The van der Waals surface area contributed by atoms with E-state index in [2.05, 4.69) is 5.32 Å². The number of ether oxygens (including phenoxy) is 1. The number of nitrogens with one attached hydrogen (secondary N) is 1. The van der Waals surface area contributed by atoms with Gasteiger partial charge in [-0.2, -0.15) is 0 Å². The molecule has 3 rings (SSSR count). The number of hydrogen-bond donors (Lipinski definition) is 1. The van der Waals surface area contributed by atoms with Crippen LogP contribution in [0.2, 0.25) is 0 Å². The summed E-state index contributed by atoms with van der Waals surface area (Å²) in [6.45, 7) is 7.58. The lowest BCUT2D eigenvalue weighted by Crippen LogP contribution is -2.52. The van der Waals surface area contributed by atoms with Gasteiger partial charge in [0.2, 0.25) is 21.8 Å². The Hall–Kier alpha value is -3.85. The summed E-state index contributed by atoms with van der Waals surface area (Å²) in [5.41, 5.74) is 3.25. The van der Waals surface area contributed by atoms with Crippen molar-refractivity contribution in [2.45, 2.75) is 59.4 Å². The quantitative estimate of drug-likeness (QED) is 0.325. The Labute approximate surface area is 238 Å². The molecule has 0 spiro atoms. The Bertz CT molecular complexity index is 1360. The van der Waals surface area contributed by atoms with Crippen LogP contribution in [0.5, 0.6) is 5.75 Å². The van der Waals surface area contributed by atoms with Crippen LogP contribution in [0.3, 0.4) is 0 Å². The Kier molecular flexibility index (Phi) is 10.7. The van der Waals surface area contributed by atoms with Gasteiger partial charge in [0.1, 0.15) is 24.9 Å². The first-order chi connectivity index (χ1) is 19.0. The Morgan fingerprint density at radius 3 is 2.10 bits per heavy atom. The summed E-state index contributed by atoms with van der Waals surface area (Å²) in [4.78, 5) is 28.1. The largest absolute Gasteiger partial charge is 0.489 e. The first-order valence-electron chi connectivity index (χ1n) is 13.4. The van der Waals surface area contributed by atoms with Crippen molar-refractivity contribution < 1.29 is 22.7 Å². The number of carbonyl (C=O) groups excluding carboxylic acids is 2. The maximum absolute atomic E-state index is 13.7. The fourth-order valence-electron chi connectivity index (χ4n) is 4.00. The highest BCUT2D eigenvalue weighted by molar-refractivity contribution is 7.92. The van der Waals surface area contributed by atoms with Crippen LogP contribution < -0.4 is 14.4 Å². The van der Waals surface area contributed by atoms with Gasteiger partial charge in [-0.3, -0.25) is 13.9 Å². The van der Waals surface area contributed by atoms with Gasteiger partial charge in [-0.05, 0) is 62.6 Å². The highest BCUT2D eigenvalue weighted by Gasteiger charge is 2.30. The summed E-state index contributed by atoms with van der Waals surface area (Å²) in [5.74, 6) is -0.202. The first-order valence-corrected chi connectivity index (χ1v) is 15.2. The zero-order valence-corrected chi connectivity index (χ0v) is 24.6. The molecule has 2 amide bonds. The highest BCUT2D eigenvalue weighted by Crippen LogP contribution is 2.23. The van der Waals surface area contributed by atoms with Gasteiger partial charge in [0.25, 0.3) is 0 Å². The van der Waals surface area contributed by atoms with Gasteiger partial charge in [0.05, 0.1) is 11.9 Å². The standard InChI is InChI=1S/C31H39N3O5S/c1-6-24(3)32-31(36)25(4)33(20-26-14-12-23(2)13-15-26)30(35)21-34(40(5,37)38)28-16-18-29(19-17-28)39-22-27-10-8-7-9-11-27/h7-19,24-25H,6,20-22H2,1-5H3,(H,32,36). The summed E-state index contributed by atoms with van der Waals surface area (Å²) >= 11 is 0. The summed E-state index contributed by atoms with van der Waals surface area (Å²) in [5, 5.41) is 2.93. The Balaban J connectivity index is 1.81. The molecule has 2 atom stereocenters. The van der Waals surface area contributed by atoms with Gasteiger partial charge in [-0.1, -0.05) is 67.1 Å². The number of aryl methyl sites for hydroxylation is 1. The highest BCUT2D eigenvalue weighted by atomic mass is 32.2. The van der Waals surface area contributed by atoms with E-state index in [0.29, 0.717) is 18.0 Å². The average Bonchev–Trinajstić information content (AvgIpc) is 2.94. The molecule has 0 aliphatic carbocycles.